The molecular weight excluding hydrogens is 206 g/mol. The van der Waals surface area contributed by atoms with E-state index >= 15 is 0 Å². The Labute approximate surface area is 75.0 Å². The minimum atomic E-state index is -4.91. The van der Waals surface area contributed by atoms with Crippen molar-refractivity contribution >= 4 is 5.97 Å². The fourth-order valence-electron chi connectivity index (χ4n) is 0.876. The molecule has 14 heavy (non-hydrogen) atoms. The first-order valence-electron chi connectivity index (χ1n) is 3.29. The molecule has 3 nitrogen and oxygen atoms in total. The lowest BCUT2D eigenvalue weighted by atomic mass is 10.1. The Kier molecular flexibility index (Phi) is 2.41. The Morgan fingerprint density at radius 2 is 2.00 bits per heavy atom. The van der Waals surface area contributed by atoms with E-state index in [1.165, 1.54) is 0 Å². The standard InChI is InChI=1S/C7H3F4NO2/c8-5-4(6(13)14)3(1-2-12-5)7(9,10)11/h1-2H,(H,13,14). The summed E-state index contributed by atoms with van der Waals surface area (Å²) in [6.07, 6.45) is -4.35. The van der Waals surface area contributed by atoms with E-state index in [2.05, 4.69) is 4.98 Å². The monoisotopic (exact) mass is 209 g/mol. The second kappa shape index (κ2) is 3.24. The zero-order valence-corrected chi connectivity index (χ0v) is 6.47. The molecule has 0 aliphatic heterocycles. The highest BCUT2D eigenvalue weighted by atomic mass is 19.4. The summed E-state index contributed by atoms with van der Waals surface area (Å²) >= 11 is 0. The van der Waals surface area contributed by atoms with Gasteiger partial charge in [0.15, 0.2) is 0 Å². The minimum Gasteiger partial charge on any atom is -0.478 e. The van der Waals surface area contributed by atoms with Gasteiger partial charge in [0.05, 0.1) is 5.56 Å². The lowest BCUT2D eigenvalue weighted by Crippen LogP contribution is -2.15. The average molecular weight is 209 g/mol. The molecule has 0 saturated carbocycles. The van der Waals surface area contributed by atoms with Crippen LogP contribution in [0.5, 0.6) is 0 Å². The van der Waals surface area contributed by atoms with Crippen LogP contribution in [0.15, 0.2) is 12.3 Å². The van der Waals surface area contributed by atoms with Crippen LogP contribution >= 0.6 is 0 Å². The maximum absolute atomic E-state index is 12.6. The van der Waals surface area contributed by atoms with Crippen molar-refractivity contribution in [3.8, 4) is 0 Å². The van der Waals surface area contributed by atoms with Crippen molar-refractivity contribution in [1.82, 2.24) is 4.98 Å². The maximum Gasteiger partial charge on any atom is 0.417 e. The Morgan fingerprint density at radius 3 is 2.36 bits per heavy atom. The molecule has 0 bridgehead atoms. The van der Waals surface area contributed by atoms with Gasteiger partial charge in [0.1, 0.15) is 5.56 Å². The van der Waals surface area contributed by atoms with Gasteiger partial charge < -0.3 is 5.11 Å². The van der Waals surface area contributed by atoms with Gasteiger partial charge in [-0.3, -0.25) is 0 Å². The number of pyridine rings is 1. The molecule has 0 amide bonds. The number of carbonyl (C=O) groups is 1. The number of aromatic carboxylic acids is 1. The third kappa shape index (κ3) is 1.81. The minimum absolute atomic E-state index is 0.409. The van der Waals surface area contributed by atoms with Crippen molar-refractivity contribution in [2.75, 3.05) is 0 Å². The van der Waals surface area contributed by atoms with Gasteiger partial charge in [-0.2, -0.15) is 17.6 Å². The van der Waals surface area contributed by atoms with Crippen molar-refractivity contribution in [3.63, 3.8) is 0 Å². The second-order valence-corrected chi connectivity index (χ2v) is 2.33. The molecule has 0 saturated heterocycles. The van der Waals surface area contributed by atoms with Gasteiger partial charge in [-0.15, -0.1) is 0 Å². The molecule has 7 heteroatoms. The van der Waals surface area contributed by atoms with Gasteiger partial charge in [0.2, 0.25) is 5.95 Å². The van der Waals surface area contributed by atoms with Crippen molar-refractivity contribution in [2.45, 2.75) is 6.18 Å². The molecule has 0 atom stereocenters. The molecule has 0 unspecified atom stereocenters. The second-order valence-electron chi connectivity index (χ2n) is 2.33. The first-order valence-corrected chi connectivity index (χ1v) is 3.29. The third-order valence-electron chi connectivity index (χ3n) is 1.42. The maximum atomic E-state index is 12.6. The highest BCUT2D eigenvalue weighted by molar-refractivity contribution is 5.89. The molecule has 0 aliphatic carbocycles. The van der Waals surface area contributed by atoms with E-state index in [0.717, 1.165) is 0 Å². The molecule has 0 fully saturated rings. The smallest absolute Gasteiger partial charge is 0.417 e. The van der Waals surface area contributed by atoms with Gasteiger partial charge in [-0.1, -0.05) is 0 Å². The SMILES string of the molecule is O=C(O)c1c(C(F)(F)F)ccnc1F. The summed E-state index contributed by atoms with van der Waals surface area (Å²) in [7, 11) is 0. The van der Waals surface area contributed by atoms with Gasteiger partial charge in [-0.25, -0.2) is 9.78 Å². The predicted octanol–water partition coefficient (Wildman–Crippen LogP) is 1.94. The van der Waals surface area contributed by atoms with E-state index in [4.69, 9.17) is 5.11 Å². The summed E-state index contributed by atoms with van der Waals surface area (Å²) in [6.45, 7) is 0. The molecule has 1 N–H and O–H groups in total. The Hall–Kier alpha value is -1.66. The Morgan fingerprint density at radius 1 is 1.43 bits per heavy atom. The zero-order chi connectivity index (χ0) is 10.9. The summed E-state index contributed by atoms with van der Waals surface area (Å²) in [5, 5.41) is 8.33. The van der Waals surface area contributed by atoms with Crippen molar-refractivity contribution in [2.24, 2.45) is 0 Å². The van der Waals surface area contributed by atoms with Crippen molar-refractivity contribution in [1.29, 1.82) is 0 Å². The van der Waals surface area contributed by atoms with E-state index in [9.17, 15) is 22.4 Å². The molecular formula is C7H3F4NO2. The van der Waals surface area contributed by atoms with Crippen LogP contribution in [0.1, 0.15) is 15.9 Å². The van der Waals surface area contributed by atoms with E-state index in [-0.39, 0.29) is 0 Å². The molecule has 76 valence electrons. The molecule has 1 aromatic heterocycles. The number of halogens is 4. The summed E-state index contributed by atoms with van der Waals surface area (Å²) < 4.78 is 49.0. The zero-order valence-electron chi connectivity index (χ0n) is 6.47. The topological polar surface area (TPSA) is 50.2 Å². The fraction of sp³-hybridized carbons (Fsp3) is 0.143. The van der Waals surface area contributed by atoms with Crippen LogP contribution in [0.4, 0.5) is 17.6 Å². The Bertz CT molecular complexity index is 374. The number of carboxylic acid groups (broad SMARTS) is 1. The van der Waals surface area contributed by atoms with Crippen LogP contribution in [0, 0.1) is 5.95 Å². The first-order chi connectivity index (χ1) is 6.34. The number of rotatable bonds is 1. The number of alkyl halides is 3. The lowest BCUT2D eigenvalue weighted by Gasteiger charge is -2.09. The molecule has 1 heterocycles. The number of hydrogen-bond donors (Lipinski definition) is 1. The number of aromatic nitrogens is 1. The molecule has 0 aromatic carbocycles. The predicted molar refractivity (Wildman–Crippen MR) is 36.2 cm³/mol. The number of carboxylic acids is 1. The summed E-state index contributed by atoms with van der Waals surface area (Å²) in [4.78, 5) is 13.1. The molecule has 0 aliphatic rings. The highest BCUT2D eigenvalue weighted by Gasteiger charge is 2.37. The molecule has 1 aromatic rings. The molecule has 0 spiro atoms. The van der Waals surface area contributed by atoms with Gasteiger partial charge in [0.25, 0.3) is 0 Å². The first kappa shape index (κ1) is 10.4. The van der Waals surface area contributed by atoms with Crippen molar-refractivity contribution in [3.05, 3.63) is 29.3 Å². The summed E-state index contributed by atoms with van der Waals surface area (Å²) in [6, 6.07) is 0.409. The fourth-order valence-corrected chi connectivity index (χ4v) is 0.876. The summed E-state index contributed by atoms with van der Waals surface area (Å²) in [5.41, 5.74) is -3.00. The summed E-state index contributed by atoms with van der Waals surface area (Å²) in [5.74, 6) is -3.64. The Balaban J connectivity index is 3.44. The van der Waals surface area contributed by atoms with Crippen LogP contribution in [0.2, 0.25) is 0 Å². The number of nitrogens with zero attached hydrogens (tertiary/aromatic N) is 1. The quantitative estimate of drug-likeness (QED) is 0.567. The largest absolute Gasteiger partial charge is 0.478 e. The van der Waals surface area contributed by atoms with Crippen LogP contribution in [0.25, 0.3) is 0 Å². The van der Waals surface area contributed by atoms with Crippen LogP contribution in [-0.2, 0) is 6.18 Å². The average Bonchev–Trinajstić information content (AvgIpc) is 2.01. The van der Waals surface area contributed by atoms with E-state index in [1.807, 2.05) is 0 Å². The molecule has 1 rings (SSSR count). The van der Waals surface area contributed by atoms with Gasteiger partial charge in [-0.05, 0) is 6.07 Å². The van der Waals surface area contributed by atoms with Gasteiger partial charge in [0, 0.05) is 6.20 Å². The third-order valence-corrected chi connectivity index (χ3v) is 1.42. The van der Waals surface area contributed by atoms with E-state index in [0.29, 0.717) is 12.3 Å². The number of hydrogen-bond acceptors (Lipinski definition) is 2. The highest BCUT2D eigenvalue weighted by Crippen LogP contribution is 2.32. The molecule has 0 radical (unpaired) electrons. The van der Waals surface area contributed by atoms with E-state index < -0.39 is 29.2 Å². The van der Waals surface area contributed by atoms with E-state index in [1.54, 1.807) is 0 Å². The van der Waals surface area contributed by atoms with Crippen LogP contribution in [0.3, 0.4) is 0 Å². The van der Waals surface area contributed by atoms with Gasteiger partial charge >= 0.3 is 12.1 Å². The lowest BCUT2D eigenvalue weighted by molar-refractivity contribution is -0.138. The normalized spacial score (nSPS) is 11.4. The van der Waals surface area contributed by atoms with Crippen LogP contribution < -0.4 is 0 Å². The van der Waals surface area contributed by atoms with Crippen molar-refractivity contribution < 1.29 is 27.5 Å². The van der Waals surface area contributed by atoms with Crippen LogP contribution in [-0.4, -0.2) is 16.1 Å².